The number of benzene rings is 1. The molecule has 0 amide bonds. The van der Waals surface area contributed by atoms with E-state index in [1.54, 1.807) is 0 Å². The number of ether oxygens (including phenoxy) is 2. The van der Waals surface area contributed by atoms with E-state index in [0.717, 1.165) is 12.8 Å². The highest BCUT2D eigenvalue weighted by Crippen LogP contribution is 2.41. The molecule has 0 radical (unpaired) electrons. The van der Waals surface area contributed by atoms with E-state index in [-0.39, 0.29) is 40.1 Å². The van der Waals surface area contributed by atoms with E-state index in [4.69, 9.17) is 13.9 Å². The van der Waals surface area contributed by atoms with Crippen LogP contribution in [-0.2, 0) is 0 Å². The minimum atomic E-state index is -1.12. The zero-order valence-corrected chi connectivity index (χ0v) is 11.6. The number of aromatic carboxylic acids is 1. The van der Waals surface area contributed by atoms with E-state index in [9.17, 15) is 14.7 Å². The molecule has 1 saturated carbocycles. The Morgan fingerprint density at radius 2 is 1.95 bits per heavy atom. The number of methoxy groups -OCH3 is 2. The van der Waals surface area contributed by atoms with Crippen LogP contribution in [0, 0.1) is 5.92 Å². The number of rotatable bonds is 5. The first-order valence-electron chi connectivity index (χ1n) is 6.52. The van der Waals surface area contributed by atoms with Crippen molar-refractivity contribution in [2.24, 2.45) is 5.92 Å². The Hall–Kier alpha value is -2.50. The minimum absolute atomic E-state index is 0.00766. The summed E-state index contributed by atoms with van der Waals surface area (Å²) in [4.78, 5) is 23.5. The second kappa shape index (κ2) is 4.80. The highest BCUT2D eigenvalue weighted by Gasteiger charge is 2.33. The van der Waals surface area contributed by atoms with Crippen molar-refractivity contribution in [2.75, 3.05) is 14.2 Å². The van der Waals surface area contributed by atoms with E-state index in [2.05, 4.69) is 0 Å². The molecular formula is C15H14O6. The van der Waals surface area contributed by atoms with Crippen molar-refractivity contribution in [3.05, 3.63) is 23.5 Å². The third kappa shape index (κ3) is 2.12. The largest absolute Gasteiger partial charge is 0.493 e. The van der Waals surface area contributed by atoms with Crippen LogP contribution in [0.3, 0.4) is 0 Å². The maximum Gasteiger partial charge on any atom is 0.336 e. The molecule has 21 heavy (non-hydrogen) atoms. The Kier molecular flexibility index (Phi) is 3.08. The second-order valence-corrected chi connectivity index (χ2v) is 4.96. The van der Waals surface area contributed by atoms with Crippen LogP contribution in [-0.4, -0.2) is 31.1 Å². The number of hydrogen-bond donors (Lipinski definition) is 1. The zero-order chi connectivity index (χ0) is 15.1. The van der Waals surface area contributed by atoms with Gasteiger partial charge in [0, 0.05) is 11.3 Å². The molecule has 2 aromatic rings. The summed E-state index contributed by atoms with van der Waals surface area (Å²) in [5, 5.41) is 9.65. The molecule has 1 aromatic carbocycles. The molecule has 1 N–H and O–H groups in total. The van der Waals surface area contributed by atoms with Crippen molar-refractivity contribution in [3.63, 3.8) is 0 Å². The molecule has 1 fully saturated rings. The van der Waals surface area contributed by atoms with Gasteiger partial charge < -0.3 is 19.0 Å². The van der Waals surface area contributed by atoms with Crippen LogP contribution in [0.5, 0.6) is 11.5 Å². The predicted molar refractivity (Wildman–Crippen MR) is 73.3 cm³/mol. The Bertz CT molecular complexity index is 738. The van der Waals surface area contributed by atoms with Crippen LogP contribution in [0.4, 0.5) is 0 Å². The fourth-order valence-corrected chi connectivity index (χ4v) is 2.34. The maximum absolute atomic E-state index is 12.1. The second-order valence-electron chi connectivity index (χ2n) is 4.96. The van der Waals surface area contributed by atoms with E-state index in [0.29, 0.717) is 5.39 Å². The molecule has 0 saturated heterocycles. The summed E-state index contributed by atoms with van der Waals surface area (Å²) in [6, 6.07) is 2.84. The molecule has 1 heterocycles. The maximum atomic E-state index is 12.1. The monoisotopic (exact) mass is 290 g/mol. The number of carbonyl (C=O) groups is 2. The van der Waals surface area contributed by atoms with Gasteiger partial charge in [-0.2, -0.15) is 0 Å². The number of fused-ring (bicyclic) bond motifs is 1. The Morgan fingerprint density at radius 3 is 2.48 bits per heavy atom. The molecule has 1 aliphatic carbocycles. The Labute approximate surface area is 120 Å². The third-order valence-electron chi connectivity index (χ3n) is 3.57. The van der Waals surface area contributed by atoms with Crippen LogP contribution in [0.25, 0.3) is 11.0 Å². The Balaban J connectivity index is 2.26. The lowest BCUT2D eigenvalue weighted by Crippen LogP contribution is -2.00. The highest BCUT2D eigenvalue weighted by atomic mass is 16.5. The van der Waals surface area contributed by atoms with Gasteiger partial charge in [0.2, 0.25) is 11.5 Å². The first-order chi connectivity index (χ1) is 10.1. The molecule has 0 unspecified atom stereocenters. The normalized spacial score (nSPS) is 14.2. The average Bonchev–Trinajstić information content (AvgIpc) is 3.22. The van der Waals surface area contributed by atoms with Crippen LogP contribution in [0.1, 0.15) is 33.8 Å². The molecule has 3 rings (SSSR count). The van der Waals surface area contributed by atoms with Gasteiger partial charge in [0.15, 0.2) is 17.1 Å². The molecular weight excluding hydrogens is 276 g/mol. The number of Topliss-reactive ketones (excluding diaryl/α,β-unsaturated/α-hetero) is 1. The van der Waals surface area contributed by atoms with Gasteiger partial charge in [0.05, 0.1) is 19.8 Å². The van der Waals surface area contributed by atoms with Gasteiger partial charge in [-0.05, 0) is 25.0 Å². The van der Waals surface area contributed by atoms with Gasteiger partial charge in [0.1, 0.15) is 0 Å². The van der Waals surface area contributed by atoms with Gasteiger partial charge in [-0.3, -0.25) is 4.79 Å². The van der Waals surface area contributed by atoms with Crippen molar-refractivity contribution >= 4 is 22.7 Å². The minimum Gasteiger partial charge on any atom is -0.493 e. The van der Waals surface area contributed by atoms with Crippen molar-refractivity contribution in [1.29, 1.82) is 0 Å². The van der Waals surface area contributed by atoms with Gasteiger partial charge in [0.25, 0.3) is 0 Å². The van der Waals surface area contributed by atoms with Gasteiger partial charge in [-0.1, -0.05) is 0 Å². The molecule has 0 bridgehead atoms. The summed E-state index contributed by atoms with van der Waals surface area (Å²) in [6.07, 6.45) is 1.70. The molecule has 0 aliphatic heterocycles. The summed E-state index contributed by atoms with van der Waals surface area (Å²) in [5.41, 5.74) is 0.236. The standard InChI is InChI=1S/C15H14O6/c1-19-11-6-9(15(17)18)8-5-10(12(16)7-3-4-7)21-13(8)14(11)20-2/h5-7H,3-4H2,1-2H3,(H,17,18). The zero-order valence-electron chi connectivity index (χ0n) is 11.6. The van der Waals surface area contributed by atoms with Crippen LogP contribution in [0.15, 0.2) is 16.5 Å². The van der Waals surface area contributed by atoms with Crippen LogP contribution < -0.4 is 9.47 Å². The van der Waals surface area contributed by atoms with Gasteiger partial charge in [-0.25, -0.2) is 4.79 Å². The number of carboxylic acids is 1. The molecule has 1 aromatic heterocycles. The number of hydrogen-bond acceptors (Lipinski definition) is 5. The lowest BCUT2D eigenvalue weighted by Gasteiger charge is -2.09. The summed E-state index contributed by atoms with van der Waals surface area (Å²) in [5.74, 6) is -0.515. The Morgan fingerprint density at radius 1 is 1.24 bits per heavy atom. The molecule has 6 heteroatoms. The van der Waals surface area contributed by atoms with Gasteiger partial charge in [-0.15, -0.1) is 0 Å². The van der Waals surface area contributed by atoms with Crippen molar-refractivity contribution in [2.45, 2.75) is 12.8 Å². The lowest BCUT2D eigenvalue weighted by atomic mass is 10.1. The van der Waals surface area contributed by atoms with Crippen LogP contribution >= 0.6 is 0 Å². The number of ketones is 1. The first kappa shape index (κ1) is 13.5. The summed E-state index contributed by atoms with van der Waals surface area (Å²) >= 11 is 0. The van der Waals surface area contributed by atoms with Crippen molar-refractivity contribution in [1.82, 2.24) is 0 Å². The fraction of sp³-hybridized carbons (Fsp3) is 0.333. The molecule has 110 valence electrons. The average molecular weight is 290 g/mol. The summed E-state index contributed by atoms with van der Waals surface area (Å²) in [6.45, 7) is 0. The number of carbonyl (C=O) groups excluding carboxylic acids is 1. The van der Waals surface area contributed by atoms with E-state index < -0.39 is 5.97 Å². The predicted octanol–water partition coefficient (Wildman–Crippen LogP) is 2.74. The van der Waals surface area contributed by atoms with E-state index >= 15 is 0 Å². The van der Waals surface area contributed by atoms with Crippen molar-refractivity contribution < 1.29 is 28.6 Å². The summed E-state index contributed by atoms with van der Waals surface area (Å²) < 4.78 is 15.9. The van der Waals surface area contributed by atoms with E-state index in [1.807, 2.05) is 0 Å². The number of furan rings is 1. The fourth-order valence-electron chi connectivity index (χ4n) is 2.34. The number of carboxylic acid groups (broad SMARTS) is 1. The smallest absolute Gasteiger partial charge is 0.336 e. The first-order valence-corrected chi connectivity index (χ1v) is 6.52. The topological polar surface area (TPSA) is 86.0 Å². The van der Waals surface area contributed by atoms with Gasteiger partial charge >= 0.3 is 5.97 Å². The third-order valence-corrected chi connectivity index (χ3v) is 3.57. The highest BCUT2D eigenvalue weighted by molar-refractivity contribution is 6.08. The SMILES string of the molecule is COc1cc(C(=O)O)c2cc(C(=O)C3CC3)oc2c1OC. The molecule has 1 aliphatic rings. The lowest BCUT2D eigenvalue weighted by molar-refractivity contribution is 0.0698. The van der Waals surface area contributed by atoms with Crippen molar-refractivity contribution in [3.8, 4) is 11.5 Å². The van der Waals surface area contributed by atoms with E-state index in [1.165, 1.54) is 26.4 Å². The summed E-state index contributed by atoms with van der Waals surface area (Å²) in [7, 11) is 2.84. The molecule has 6 nitrogen and oxygen atoms in total. The molecule has 0 spiro atoms. The van der Waals surface area contributed by atoms with Crippen LogP contribution in [0.2, 0.25) is 0 Å². The quantitative estimate of drug-likeness (QED) is 0.852. The molecule has 0 atom stereocenters.